The van der Waals surface area contributed by atoms with Crippen molar-refractivity contribution in [3.05, 3.63) is 65.7 Å². The smallest absolute Gasteiger partial charge is 0.263 e. The van der Waals surface area contributed by atoms with Crippen LogP contribution in [0.4, 0.5) is 13.2 Å². The van der Waals surface area contributed by atoms with E-state index in [1.165, 1.54) is 12.1 Å². The molecule has 1 N–H and O–H groups in total. The van der Waals surface area contributed by atoms with Crippen LogP contribution in [0, 0.1) is 22.9 Å². The van der Waals surface area contributed by atoms with Crippen molar-refractivity contribution < 1.29 is 26.1 Å². The maximum atomic E-state index is 14.0. The summed E-state index contributed by atoms with van der Waals surface area (Å²) < 4.78 is 73.8. The molecule has 0 amide bonds. The van der Waals surface area contributed by atoms with Crippen LogP contribution in [-0.2, 0) is 10.0 Å². The minimum Gasteiger partial charge on any atom is -0.334 e. The van der Waals surface area contributed by atoms with E-state index in [4.69, 9.17) is 4.52 Å². The van der Waals surface area contributed by atoms with E-state index in [1.54, 1.807) is 18.2 Å². The monoisotopic (exact) mass is 423 g/mol. The summed E-state index contributed by atoms with van der Waals surface area (Å²) in [6.07, 6.45) is 0. The topological polar surface area (TPSA) is 85.1 Å². The van der Waals surface area contributed by atoms with Crippen LogP contribution in [0.15, 0.2) is 51.9 Å². The van der Waals surface area contributed by atoms with Crippen molar-refractivity contribution in [2.75, 3.05) is 0 Å². The number of hydrogen-bond acceptors (Lipinski definition) is 5. The molecule has 0 saturated heterocycles. The van der Waals surface area contributed by atoms with Gasteiger partial charge < -0.3 is 4.52 Å². The standard InChI is InChI=1S/C19H16F3N3O3S/c1-19(2)15(16(19)25-29(26,27)11-6-4-3-5-7-11)17-23-18(28-24-17)14-12(21)8-10(20)9-13(14)22/h3-9,15-16,25H,1-2H3/t15-,16-/m0/s1. The highest BCUT2D eigenvalue weighted by Gasteiger charge is 2.62. The Balaban J connectivity index is 1.61. The molecule has 0 aliphatic heterocycles. The molecule has 0 spiro atoms. The quantitative estimate of drug-likeness (QED) is 0.678. The summed E-state index contributed by atoms with van der Waals surface area (Å²) in [5.74, 6) is -4.22. The molecule has 0 bridgehead atoms. The van der Waals surface area contributed by atoms with Crippen molar-refractivity contribution in [1.82, 2.24) is 14.9 Å². The third-order valence-electron chi connectivity index (χ3n) is 5.10. The van der Waals surface area contributed by atoms with Crippen molar-refractivity contribution in [2.24, 2.45) is 5.41 Å². The Labute approximate surface area is 164 Å². The molecule has 0 radical (unpaired) electrons. The summed E-state index contributed by atoms with van der Waals surface area (Å²) in [6, 6.07) is 8.36. The van der Waals surface area contributed by atoms with Gasteiger partial charge in [-0.1, -0.05) is 37.2 Å². The Hall–Kier alpha value is -2.72. The van der Waals surface area contributed by atoms with Gasteiger partial charge in [0.1, 0.15) is 23.0 Å². The van der Waals surface area contributed by atoms with Crippen molar-refractivity contribution >= 4 is 10.0 Å². The summed E-state index contributed by atoms with van der Waals surface area (Å²) >= 11 is 0. The molecule has 2 aromatic carbocycles. The van der Waals surface area contributed by atoms with Gasteiger partial charge in [0.05, 0.1) is 4.90 Å². The zero-order valence-electron chi connectivity index (χ0n) is 15.4. The van der Waals surface area contributed by atoms with Gasteiger partial charge in [0.15, 0.2) is 5.82 Å². The Morgan fingerprint density at radius 1 is 1.07 bits per heavy atom. The van der Waals surface area contributed by atoms with Gasteiger partial charge in [0, 0.05) is 24.1 Å². The molecule has 6 nitrogen and oxygen atoms in total. The lowest BCUT2D eigenvalue weighted by atomic mass is 10.1. The second kappa shape index (κ2) is 6.67. The summed E-state index contributed by atoms with van der Waals surface area (Å²) in [5.41, 5.74) is -1.19. The van der Waals surface area contributed by atoms with Crippen molar-refractivity contribution in [3.8, 4) is 11.5 Å². The fraction of sp³-hybridized carbons (Fsp3) is 0.263. The number of benzene rings is 2. The maximum Gasteiger partial charge on any atom is 0.263 e. The molecule has 152 valence electrons. The normalized spacial score (nSPS) is 20.6. The molecule has 1 aliphatic rings. The fourth-order valence-corrected chi connectivity index (χ4v) is 4.81. The number of nitrogens with one attached hydrogen (secondary N) is 1. The van der Waals surface area contributed by atoms with E-state index in [2.05, 4.69) is 14.9 Å². The van der Waals surface area contributed by atoms with Gasteiger partial charge in [-0.2, -0.15) is 4.98 Å². The average Bonchev–Trinajstić information content (AvgIpc) is 2.96. The Kier molecular flexibility index (Phi) is 4.50. The van der Waals surface area contributed by atoms with Crippen LogP contribution in [0.3, 0.4) is 0 Å². The molecular formula is C19H16F3N3O3S. The second-order valence-corrected chi connectivity index (χ2v) is 9.13. The predicted octanol–water partition coefficient (Wildman–Crippen LogP) is 3.62. The lowest BCUT2D eigenvalue weighted by Gasteiger charge is -2.07. The first-order chi connectivity index (χ1) is 13.6. The minimum absolute atomic E-state index is 0.105. The molecule has 4 rings (SSSR count). The number of nitrogens with zero attached hydrogens (tertiary/aromatic N) is 2. The van der Waals surface area contributed by atoms with Crippen LogP contribution in [0.1, 0.15) is 25.6 Å². The van der Waals surface area contributed by atoms with Crippen LogP contribution in [0.25, 0.3) is 11.5 Å². The lowest BCUT2D eigenvalue weighted by Crippen LogP contribution is -2.29. The van der Waals surface area contributed by atoms with Gasteiger partial charge in [0.25, 0.3) is 5.89 Å². The first-order valence-electron chi connectivity index (χ1n) is 8.67. The van der Waals surface area contributed by atoms with Gasteiger partial charge in [-0.05, 0) is 17.5 Å². The van der Waals surface area contributed by atoms with E-state index in [9.17, 15) is 21.6 Å². The summed E-state index contributed by atoms with van der Waals surface area (Å²) in [4.78, 5) is 4.14. The fourth-order valence-electron chi connectivity index (χ4n) is 3.38. The molecule has 29 heavy (non-hydrogen) atoms. The average molecular weight is 423 g/mol. The van der Waals surface area contributed by atoms with E-state index in [0.29, 0.717) is 12.1 Å². The zero-order chi connectivity index (χ0) is 21.0. The zero-order valence-corrected chi connectivity index (χ0v) is 16.2. The molecular weight excluding hydrogens is 407 g/mol. The van der Waals surface area contributed by atoms with Gasteiger partial charge >= 0.3 is 0 Å². The van der Waals surface area contributed by atoms with Gasteiger partial charge in [-0.25, -0.2) is 26.3 Å². The molecule has 1 heterocycles. The molecule has 2 atom stereocenters. The molecule has 1 aliphatic carbocycles. The Morgan fingerprint density at radius 3 is 2.31 bits per heavy atom. The Morgan fingerprint density at radius 2 is 1.69 bits per heavy atom. The third kappa shape index (κ3) is 3.42. The van der Waals surface area contributed by atoms with Gasteiger partial charge in [0.2, 0.25) is 10.0 Å². The van der Waals surface area contributed by atoms with Gasteiger partial charge in [-0.3, -0.25) is 0 Å². The highest BCUT2D eigenvalue weighted by molar-refractivity contribution is 7.89. The number of aromatic nitrogens is 2. The van der Waals surface area contributed by atoms with Crippen LogP contribution < -0.4 is 4.72 Å². The first-order valence-corrected chi connectivity index (χ1v) is 10.2. The molecule has 10 heteroatoms. The van der Waals surface area contributed by atoms with Crippen molar-refractivity contribution in [3.63, 3.8) is 0 Å². The SMILES string of the molecule is CC1(C)[C@H](c2noc(-c3c(F)cc(F)cc3F)n2)[C@@H]1NS(=O)(=O)c1ccccc1. The van der Waals surface area contributed by atoms with Crippen LogP contribution >= 0.6 is 0 Å². The lowest BCUT2D eigenvalue weighted by molar-refractivity contribution is 0.413. The summed E-state index contributed by atoms with van der Waals surface area (Å²) in [7, 11) is -3.77. The summed E-state index contributed by atoms with van der Waals surface area (Å²) in [6.45, 7) is 3.62. The predicted molar refractivity (Wildman–Crippen MR) is 96.7 cm³/mol. The van der Waals surface area contributed by atoms with E-state index >= 15 is 0 Å². The van der Waals surface area contributed by atoms with E-state index in [0.717, 1.165) is 0 Å². The maximum absolute atomic E-state index is 14.0. The third-order valence-corrected chi connectivity index (χ3v) is 6.56. The van der Waals surface area contributed by atoms with Gasteiger partial charge in [-0.15, -0.1) is 0 Å². The molecule has 1 saturated carbocycles. The highest BCUT2D eigenvalue weighted by atomic mass is 32.2. The van der Waals surface area contributed by atoms with E-state index in [1.807, 2.05) is 13.8 Å². The molecule has 3 aromatic rings. The Bertz CT molecular complexity index is 1160. The van der Waals surface area contributed by atoms with Crippen LogP contribution in [0.2, 0.25) is 0 Å². The molecule has 0 unspecified atom stereocenters. The number of sulfonamides is 1. The second-order valence-electron chi connectivity index (χ2n) is 7.41. The minimum atomic E-state index is -3.77. The van der Waals surface area contributed by atoms with E-state index in [-0.39, 0.29) is 10.7 Å². The number of hydrogen-bond donors (Lipinski definition) is 1. The van der Waals surface area contributed by atoms with Crippen molar-refractivity contribution in [1.29, 1.82) is 0 Å². The first kappa shape index (κ1) is 19.6. The summed E-state index contributed by atoms with van der Waals surface area (Å²) in [5, 5.41) is 3.76. The number of rotatable bonds is 5. The molecule has 1 fully saturated rings. The number of halogens is 3. The highest BCUT2D eigenvalue weighted by Crippen LogP contribution is 2.58. The van der Waals surface area contributed by atoms with E-state index < -0.39 is 56.3 Å². The molecule has 1 aromatic heterocycles. The van der Waals surface area contributed by atoms with Crippen LogP contribution in [0.5, 0.6) is 0 Å². The van der Waals surface area contributed by atoms with Crippen molar-refractivity contribution in [2.45, 2.75) is 30.7 Å². The largest absolute Gasteiger partial charge is 0.334 e. The van der Waals surface area contributed by atoms with Crippen LogP contribution in [-0.4, -0.2) is 24.6 Å².